The number of aromatic nitrogens is 2. The van der Waals surface area contributed by atoms with Gasteiger partial charge in [0.1, 0.15) is 12.4 Å². The molecule has 28 heavy (non-hydrogen) atoms. The van der Waals surface area contributed by atoms with Gasteiger partial charge in [0, 0.05) is 12.3 Å². The molecule has 1 aliphatic rings. The molecule has 1 aromatic heterocycles. The number of hydrogen-bond acceptors (Lipinski definition) is 6. The molecular weight excluding hydrogens is 378 g/mol. The number of amides is 1. The molecule has 0 radical (unpaired) electrons. The fourth-order valence-electron chi connectivity index (χ4n) is 2.95. The van der Waals surface area contributed by atoms with E-state index in [1.54, 1.807) is 18.2 Å². The monoisotopic (exact) mass is 395 g/mol. The number of anilines is 1. The number of thioether (sulfide) groups is 1. The topological polar surface area (TPSA) is 93.3 Å². The number of aromatic amines is 1. The van der Waals surface area contributed by atoms with Crippen molar-refractivity contribution in [3.63, 3.8) is 0 Å². The predicted molar refractivity (Wildman–Crippen MR) is 107 cm³/mol. The number of rotatable bonds is 6. The SMILES string of the molecule is C#CCOc1ccc([C@H]2CC(=O)Nc3nc(SCC#C)[nH]c(=O)c32)cc1OC. The van der Waals surface area contributed by atoms with Crippen molar-refractivity contribution < 1.29 is 14.3 Å². The summed E-state index contributed by atoms with van der Waals surface area (Å²) in [6.07, 6.45) is 10.6. The van der Waals surface area contributed by atoms with Crippen LogP contribution >= 0.6 is 11.8 Å². The van der Waals surface area contributed by atoms with Gasteiger partial charge in [-0.15, -0.1) is 12.8 Å². The Morgan fingerprint density at radius 2 is 2.11 bits per heavy atom. The Balaban J connectivity index is 2.03. The lowest BCUT2D eigenvalue weighted by Gasteiger charge is -2.25. The van der Waals surface area contributed by atoms with Crippen LogP contribution in [0.15, 0.2) is 28.2 Å². The van der Waals surface area contributed by atoms with Crippen molar-refractivity contribution >= 4 is 23.5 Å². The lowest BCUT2D eigenvalue weighted by atomic mass is 9.86. The average molecular weight is 395 g/mol. The predicted octanol–water partition coefficient (Wildman–Crippen LogP) is 1.99. The molecule has 0 spiro atoms. The Morgan fingerprint density at radius 3 is 2.82 bits per heavy atom. The third kappa shape index (κ3) is 3.98. The zero-order valence-electron chi connectivity index (χ0n) is 15.1. The number of carbonyl (C=O) groups is 1. The second-order valence-corrected chi connectivity index (χ2v) is 6.80. The Morgan fingerprint density at radius 1 is 1.29 bits per heavy atom. The number of carbonyl (C=O) groups excluding carboxylic acids is 1. The van der Waals surface area contributed by atoms with Crippen molar-refractivity contribution in [1.82, 2.24) is 9.97 Å². The average Bonchev–Trinajstić information content (AvgIpc) is 2.69. The first-order valence-electron chi connectivity index (χ1n) is 8.32. The van der Waals surface area contributed by atoms with Gasteiger partial charge in [0.15, 0.2) is 16.7 Å². The smallest absolute Gasteiger partial charge is 0.257 e. The molecular formula is C20H17N3O4S. The van der Waals surface area contributed by atoms with E-state index in [-0.39, 0.29) is 30.3 Å². The van der Waals surface area contributed by atoms with E-state index in [2.05, 4.69) is 27.1 Å². The van der Waals surface area contributed by atoms with E-state index in [0.717, 1.165) is 5.56 Å². The normalized spacial score (nSPS) is 15.0. The standard InChI is InChI=1S/C20H17N3O4S/c1-4-8-27-14-7-6-12(10-15(14)26-3)13-11-16(24)21-18-17(13)19(25)23-20(22-18)28-9-5-2/h1-2,6-7,10,13H,8-9,11H2,3H3,(H2,21,22,23,24,25)/t13-/m1/s1. The highest BCUT2D eigenvalue weighted by molar-refractivity contribution is 7.99. The first kappa shape index (κ1) is 19.4. The van der Waals surface area contributed by atoms with E-state index in [1.807, 2.05) is 0 Å². The van der Waals surface area contributed by atoms with Gasteiger partial charge in [-0.25, -0.2) is 4.98 Å². The molecule has 1 aromatic carbocycles. The summed E-state index contributed by atoms with van der Waals surface area (Å²) in [6, 6.07) is 5.22. The van der Waals surface area contributed by atoms with Crippen LogP contribution in [0.1, 0.15) is 23.5 Å². The highest BCUT2D eigenvalue weighted by atomic mass is 32.2. The number of hydrogen-bond donors (Lipinski definition) is 2. The summed E-state index contributed by atoms with van der Waals surface area (Å²) in [6.45, 7) is 0.103. The quantitative estimate of drug-likeness (QED) is 0.441. The minimum atomic E-state index is -0.470. The van der Waals surface area contributed by atoms with Crippen LogP contribution in [0.2, 0.25) is 0 Å². The number of nitrogens with zero attached hydrogens (tertiary/aromatic N) is 1. The third-order valence-corrected chi connectivity index (χ3v) is 4.90. The molecule has 2 N–H and O–H groups in total. The summed E-state index contributed by atoms with van der Waals surface area (Å²) in [5.41, 5.74) is 0.808. The maximum atomic E-state index is 12.7. The molecule has 7 nitrogen and oxygen atoms in total. The van der Waals surface area contributed by atoms with Gasteiger partial charge in [-0.3, -0.25) is 9.59 Å². The van der Waals surface area contributed by atoms with Crippen molar-refractivity contribution in [2.75, 3.05) is 24.8 Å². The van der Waals surface area contributed by atoms with Crippen LogP contribution in [0.3, 0.4) is 0 Å². The highest BCUT2D eigenvalue weighted by Crippen LogP contribution is 2.38. The lowest BCUT2D eigenvalue weighted by molar-refractivity contribution is -0.116. The summed E-state index contributed by atoms with van der Waals surface area (Å²) in [4.78, 5) is 32.0. The van der Waals surface area contributed by atoms with E-state index < -0.39 is 5.92 Å². The maximum absolute atomic E-state index is 12.7. The highest BCUT2D eigenvalue weighted by Gasteiger charge is 2.31. The molecule has 1 atom stereocenters. The molecule has 0 bridgehead atoms. The van der Waals surface area contributed by atoms with E-state index in [9.17, 15) is 9.59 Å². The van der Waals surface area contributed by atoms with E-state index >= 15 is 0 Å². The Kier molecular flexibility index (Phi) is 5.93. The van der Waals surface area contributed by atoms with Gasteiger partial charge >= 0.3 is 0 Å². The minimum Gasteiger partial charge on any atom is -0.493 e. The molecule has 1 aliphatic heterocycles. The second-order valence-electron chi connectivity index (χ2n) is 5.83. The second kappa shape index (κ2) is 8.55. The van der Waals surface area contributed by atoms with Crippen molar-refractivity contribution in [3.8, 4) is 36.2 Å². The van der Waals surface area contributed by atoms with E-state index in [1.165, 1.54) is 18.9 Å². The van der Waals surface area contributed by atoms with Crippen molar-refractivity contribution in [1.29, 1.82) is 0 Å². The number of methoxy groups -OCH3 is 1. The number of H-pyrrole nitrogens is 1. The summed E-state index contributed by atoms with van der Waals surface area (Å²) in [5, 5.41) is 3.03. The number of terminal acetylenes is 2. The number of benzene rings is 1. The van der Waals surface area contributed by atoms with Gasteiger partial charge in [0.05, 0.1) is 18.4 Å². The van der Waals surface area contributed by atoms with Gasteiger partial charge in [-0.05, 0) is 17.7 Å². The molecule has 3 rings (SSSR count). The molecule has 0 saturated heterocycles. The molecule has 0 fully saturated rings. The molecule has 2 heterocycles. The van der Waals surface area contributed by atoms with Crippen LogP contribution in [-0.2, 0) is 4.79 Å². The molecule has 1 amide bonds. The van der Waals surface area contributed by atoms with Gasteiger partial charge in [0.2, 0.25) is 5.91 Å². The van der Waals surface area contributed by atoms with Gasteiger partial charge < -0.3 is 19.8 Å². The Hall–Kier alpha value is -3.36. The largest absolute Gasteiger partial charge is 0.493 e. The van der Waals surface area contributed by atoms with Gasteiger partial charge in [-0.2, -0.15) is 0 Å². The summed E-state index contributed by atoms with van der Waals surface area (Å²) >= 11 is 1.21. The molecule has 0 unspecified atom stereocenters. The van der Waals surface area contributed by atoms with E-state index in [0.29, 0.717) is 28.0 Å². The fourth-order valence-corrected chi connectivity index (χ4v) is 3.49. The van der Waals surface area contributed by atoms with Gasteiger partial charge in [0.25, 0.3) is 5.56 Å². The third-order valence-electron chi connectivity index (χ3n) is 4.12. The van der Waals surface area contributed by atoms with Crippen LogP contribution in [0.4, 0.5) is 5.82 Å². The first-order chi connectivity index (χ1) is 13.6. The van der Waals surface area contributed by atoms with E-state index in [4.69, 9.17) is 22.3 Å². The molecule has 0 saturated carbocycles. The van der Waals surface area contributed by atoms with Crippen LogP contribution in [0.5, 0.6) is 11.5 Å². The number of fused-ring (bicyclic) bond motifs is 1. The summed E-state index contributed by atoms with van der Waals surface area (Å²) in [5.74, 6) is 5.71. The zero-order valence-corrected chi connectivity index (χ0v) is 15.9. The molecule has 142 valence electrons. The van der Waals surface area contributed by atoms with Gasteiger partial charge in [-0.1, -0.05) is 29.7 Å². The van der Waals surface area contributed by atoms with Crippen molar-refractivity contribution in [2.24, 2.45) is 0 Å². The number of ether oxygens (including phenoxy) is 2. The first-order valence-corrected chi connectivity index (χ1v) is 9.30. The van der Waals surface area contributed by atoms with Crippen LogP contribution in [-0.4, -0.2) is 35.3 Å². The van der Waals surface area contributed by atoms with Crippen LogP contribution < -0.4 is 20.3 Å². The summed E-state index contributed by atoms with van der Waals surface area (Å²) < 4.78 is 10.8. The fraction of sp³-hybridized carbons (Fsp3) is 0.250. The van der Waals surface area contributed by atoms with Crippen LogP contribution in [0.25, 0.3) is 0 Å². The number of nitrogens with one attached hydrogen (secondary N) is 2. The zero-order chi connectivity index (χ0) is 20.1. The van der Waals surface area contributed by atoms with Crippen molar-refractivity contribution in [2.45, 2.75) is 17.5 Å². The Labute approximate surface area is 166 Å². The maximum Gasteiger partial charge on any atom is 0.257 e. The van der Waals surface area contributed by atoms with Crippen molar-refractivity contribution in [3.05, 3.63) is 39.7 Å². The Bertz CT molecular complexity index is 1050. The minimum absolute atomic E-state index is 0.103. The lowest BCUT2D eigenvalue weighted by Crippen LogP contribution is -2.31. The molecule has 8 heteroatoms. The molecule has 0 aliphatic carbocycles. The summed E-state index contributed by atoms with van der Waals surface area (Å²) in [7, 11) is 1.51. The molecule has 2 aromatic rings. The van der Waals surface area contributed by atoms with Crippen LogP contribution in [0, 0.1) is 24.7 Å².